The summed E-state index contributed by atoms with van der Waals surface area (Å²) in [6.45, 7) is 7.33. The third-order valence-corrected chi connectivity index (χ3v) is 7.33. The quantitative estimate of drug-likeness (QED) is 0.798. The van der Waals surface area contributed by atoms with Gasteiger partial charge in [-0.3, -0.25) is 4.79 Å². The number of carbonyl (C=O) groups excluding carboxylic acids is 1. The van der Waals surface area contributed by atoms with Crippen molar-refractivity contribution in [2.24, 2.45) is 0 Å². The third-order valence-electron chi connectivity index (χ3n) is 5.16. The van der Waals surface area contributed by atoms with Gasteiger partial charge in [0.05, 0.1) is 11.5 Å². The lowest BCUT2D eigenvalue weighted by Gasteiger charge is -2.31. The number of rotatable bonds is 4. The largest absolute Gasteiger partial charge is 0.468 e. The van der Waals surface area contributed by atoms with Crippen molar-refractivity contribution in [2.75, 3.05) is 13.1 Å². The fraction of sp³-hybridized carbons (Fsp3) is 0.476. The molecular weight excluding hydrogens is 362 g/mol. The summed E-state index contributed by atoms with van der Waals surface area (Å²) in [6.07, 6.45) is 2.42. The number of furan rings is 1. The Morgan fingerprint density at radius 1 is 1.11 bits per heavy atom. The normalized spacial score (nSPS) is 16.5. The molecule has 0 bridgehead atoms. The van der Waals surface area contributed by atoms with E-state index in [1.807, 2.05) is 24.3 Å². The van der Waals surface area contributed by atoms with Gasteiger partial charge in [-0.25, -0.2) is 8.42 Å². The molecule has 1 fully saturated rings. The summed E-state index contributed by atoms with van der Waals surface area (Å²) >= 11 is 0. The molecule has 1 saturated heterocycles. The van der Waals surface area contributed by atoms with Crippen LogP contribution >= 0.6 is 0 Å². The predicted molar refractivity (Wildman–Crippen MR) is 105 cm³/mol. The summed E-state index contributed by atoms with van der Waals surface area (Å²) in [5.74, 6) is 0.358. The van der Waals surface area contributed by atoms with E-state index in [0.717, 1.165) is 0 Å². The highest BCUT2D eigenvalue weighted by molar-refractivity contribution is 7.91. The van der Waals surface area contributed by atoms with E-state index in [9.17, 15) is 13.2 Å². The van der Waals surface area contributed by atoms with Crippen LogP contribution in [0.1, 0.15) is 55.3 Å². The Labute approximate surface area is 161 Å². The van der Waals surface area contributed by atoms with Gasteiger partial charge in [0.2, 0.25) is 0 Å². The fourth-order valence-corrected chi connectivity index (χ4v) is 5.15. The number of nitrogens with zero attached hydrogens (tertiary/aromatic N) is 1. The molecule has 0 atom stereocenters. The van der Waals surface area contributed by atoms with Gasteiger partial charge in [0.1, 0.15) is 11.5 Å². The van der Waals surface area contributed by atoms with Gasteiger partial charge in [0, 0.05) is 18.7 Å². The van der Waals surface area contributed by atoms with Crippen LogP contribution in [0, 0.1) is 0 Å². The van der Waals surface area contributed by atoms with Crippen LogP contribution in [0.4, 0.5) is 0 Å². The number of likely N-dealkylation sites (tertiary alicyclic amines) is 1. The van der Waals surface area contributed by atoms with E-state index in [1.165, 1.54) is 11.8 Å². The van der Waals surface area contributed by atoms with Gasteiger partial charge < -0.3 is 9.32 Å². The second-order valence-corrected chi connectivity index (χ2v) is 10.5. The van der Waals surface area contributed by atoms with E-state index >= 15 is 0 Å². The minimum Gasteiger partial charge on any atom is -0.468 e. The first-order valence-electron chi connectivity index (χ1n) is 9.30. The van der Waals surface area contributed by atoms with Gasteiger partial charge in [-0.2, -0.15) is 0 Å². The summed E-state index contributed by atoms with van der Waals surface area (Å²) in [7, 11) is -3.27. The van der Waals surface area contributed by atoms with Crippen LogP contribution < -0.4 is 0 Å². The molecule has 146 valence electrons. The first kappa shape index (κ1) is 19.7. The highest BCUT2D eigenvalue weighted by Gasteiger charge is 2.32. The standard InChI is InChI=1S/C21H27NO4S/c1-21(2,3)17-8-6-16(7-9-17)20(23)22-12-10-19(11-13-22)27(24,25)15-18-5-4-14-26-18/h4-9,14,19H,10-13,15H2,1-3H3. The zero-order chi connectivity index (χ0) is 19.7. The molecule has 5 nitrogen and oxygen atoms in total. The molecule has 3 rings (SSSR count). The average molecular weight is 390 g/mol. The molecular formula is C21H27NO4S. The topological polar surface area (TPSA) is 67.6 Å². The molecule has 1 aromatic heterocycles. The molecule has 1 aliphatic heterocycles. The molecule has 1 amide bonds. The predicted octanol–water partition coefficient (Wildman–Crippen LogP) is 3.80. The van der Waals surface area contributed by atoms with Gasteiger partial charge in [-0.1, -0.05) is 32.9 Å². The van der Waals surface area contributed by atoms with Gasteiger partial charge in [-0.05, 0) is 48.1 Å². The molecule has 6 heteroatoms. The first-order valence-corrected chi connectivity index (χ1v) is 11.0. The molecule has 0 saturated carbocycles. The van der Waals surface area contributed by atoms with Crippen LogP contribution in [-0.4, -0.2) is 37.6 Å². The second-order valence-electron chi connectivity index (χ2n) is 8.21. The third kappa shape index (κ3) is 4.61. The lowest BCUT2D eigenvalue weighted by atomic mass is 9.86. The summed E-state index contributed by atoms with van der Waals surface area (Å²) in [5, 5.41) is -0.421. The van der Waals surface area contributed by atoms with Crippen molar-refractivity contribution in [2.45, 2.75) is 50.0 Å². The SMILES string of the molecule is CC(C)(C)c1ccc(C(=O)N2CCC(S(=O)(=O)Cc3ccco3)CC2)cc1. The molecule has 0 radical (unpaired) electrons. The number of sulfone groups is 1. The van der Waals surface area contributed by atoms with E-state index in [2.05, 4.69) is 20.8 Å². The summed E-state index contributed by atoms with van der Waals surface area (Å²) in [6, 6.07) is 11.1. The van der Waals surface area contributed by atoms with Crippen LogP contribution in [0.2, 0.25) is 0 Å². The Bertz CT molecular complexity index is 869. The van der Waals surface area contributed by atoms with Gasteiger partial charge in [0.25, 0.3) is 5.91 Å². The number of benzene rings is 1. The van der Waals surface area contributed by atoms with Crippen molar-refractivity contribution in [1.82, 2.24) is 4.90 Å². The second kappa shape index (κ2) is 7.50. The van der Waals surface area contributed by atoms with Crippen LogP contribution in [0.3, 0.4) is 0 Å². The van der Waals surface area contributed by atoms with Crippen molar-refractivity contribution in [3.8, 4) is 0 Å². The van der Waals surface area contributed by atoms with Crippen LogP contribution in [0.5, 0.6) is 0 Å². The maximum absolute atomic E-state index is 12.7. The molecule has 2 aromatic rings. The lowest BCUT2D eigenvalue weighted by molar-refractivity contribution is 0.0725. The number of hydrogen-bond donors (Lipinski definition) is 0. The van der Waals surface area contributed by atoms with Crippen LogP contribution in [-0.2, 0) is 21.0 Å². The van der Waals surface area contributed by atoms with E-state index < -0.39 is 15.1 Å². The molecule has 1 aliphatic rings. The number of carbonyl (C=O) groups is 1. The molecule has 0 unspecified atom stereocenters. The number of hydrogen-bond acceptors (Lipinski definition) is 4. The molecule has 27 heavy (non-hydrogen) atoms. The lowest BCUT2D eigenvalue weighted by Crippen LogP contribution is -2.42. The van der Waals surface area contributed by atoms with Crippen molar-refractivity contribution in [3.63, 3.8) is 0 Å². The zero-order valence-corrected chi connectivity index (χ0v) is 17.0. The fourth-order valence-electron chi connectivity index (χ4n) is 3.42. The summed E-state index contributed by atoms with van der Waals surface area (Å²) in [4.78, 5) is 14.5. The van der Waals surface area contributed by atoms with E-state index in [4.69, 9.17) is 4.42 Å². The molecule has 2 heterocycles. The van der Waals surface area contributed by atoms with Gasteiger partial charge in [0.15, 0.2) is 9.84 Å². The Balaban J connectivity index is 1.61. The maximum Gasteiger partial charge on any atom is 0.253 e. The van der Waals surface area contributed by atoms with Crippen LogP contribution in [0.25, 0.3) is 0 Å². The maximum atomic E-state index is 12.7. The minimum absolute atomic E-state index is 0.0302. The van der Waals surface area contributed by atoms with Crippen molar-refractivity contribution in [3.05, 3.63) is 59.5 Å². The van der Waals surface area contributed by atoms with Crippen molar-refractivity contribution >= 4 is 15.7 Å². The van der Waals surface area contributed by atoms with Gasteiger partial charge in [-0.15, -0.1) is 0 Å². The van der Waals surface area contributed by atoms with Crippen molar-refractivity contribution in [1.29, 1.82) is 0 Å². The molecule has 0 spiro atoms. The first-order chi connectivity index (χ1) is 12.7. The summed E-state index contributed by atoms with van der Waals surface area (Å²) in [5.41, 5.74) is 1.88. The number of piperidine rings is 1. The smallest absolute Gasteiger partial charge is 0.253 e. The minimum atomic E-state index is -3.27. The Kier molecular flexibility index (Phi) is 5.47. The highest BCUT2D eigenvalue weighted by Crippen LogP contribution is 2.25. The van der Waals surface area contributed by atoms with E-state index in [-0.39, 0.29) is 17.1 Å². The Morgan fingerprint density at radius 3 is 2.26 bits per heavy atom. The van der Waals surface area contributed by atoms with E-state index in [1.54, 1.807) is 17.0 Å². The number of amides is 1. The van der Waals surface area contributed by atoms with Crippen LogP contribution in [0.15, 0.2) is 47.1 Å². The molecule has 0 N–H and O–H groups in total. The van der Waals surface area contributed by atoms with E-state index in [0.29, 0.717) is 37.3 Å². The highest BCUT2D eigenvalue weighted by atomic mass is 32.2. The van der Waals surface area contributed by atoms with Gasteiger partial charge >= 0.3 is 0 Å². The molecule has 1 aromatic carbocycles. The zero-order valence-electron chi connectivity index (χ0n) is 16.1. The Morgan fingerprint density at radius 2 is 1.74 bits per heavy atom. The summed E-state index contributed by atoms with van der Waals surface area (Å²) < 4.78 is 30.3. The molecule has 0 aliphatic carbocycles. The average Bonchev–Trinajstić information content (AvgIpc) is 3.13. The van der Waals surface area contributed by atoms with Crippen molar-refractivity contribution < 1.29 is 17.6 Å². The monoisotopic (exact) mass is 389 g/mol. The Hall–Kier alpha value is -2.08.